The van der Waals surface area contributed by atoms with Gasteiger partial charge in [-0.1, -0.05) is 12.1 Å². The van der Waals surface area contributed by atoms with Crippen LogP contribution in [0, 0.1) is 6.92 Å². The predicted octanol–water partition coefficient (Wildman–Crippen LogP) is 1.89. The third-order valence-electron chi connectivity index (χ3n) is 3.92. The first-order chi connectivity index (χ1) is 11.7. The summed E-state index contributed by atoms with van der Waals surface area (Å²) in [5, 5.41) is 13.9. The van der Waals surface area contributed by atoms with E-state index < -0.39 is 0 Å². The second-order valence-electron chi connectivity index (χ2n) is 5.53. The first-order valence-electron chi connectivity index (χ1n) is 7.67. The summed E-state index contributed by atoms with van der Waals surface area (Å²) in [5.41, 5.74) is 3.45. The van der Waals surface area contributed by atoms with E-state index in [2.05, 4.69) is 31.3 Å². The standard InChI is InChI=1S/C18H16N6/c1-13-20-21-18-15(10-9-14-7-4-6-12-23(14)2)17(22-24(13)18)16-8-3-5-11-19-16/h3-12H,1-2H3. The summed E-state index contributed by atoms with van der Waals surface area (Å²) < 4.78 is 1.76. The Labute approximate surface area is 139 Å². The lowest BCUT2D eigenvalue weighted by Gasteiger charge is -2.16. The van der Waals surface area contributed by atoms with E-state index in [4.69, 9.17) is 0 Å². The number of hydrogen-bond acceptors (Lipinski definition) is 5. The van der Waals surface area contributed by atoms with Crippen LogP contribution in [0.1, 0.15) is 5.82 Å². The minimum Gasteiger partial charge on any atom is -0.351 e. The fourth-order valence-electron chi connectivity index (χ4n) is 2.63. The molecule has 0 radical (unpaired) electrons. The Bertz CT molecular complexity index is 1030. The molecular weight excluding hydrogens is 300 g/mol. The molecule has 0 N–H and O–H groups in total. The number of hydrogen-bond donors (Lipinski definition) is 0. The van der Waals surface area contributed by atoms with Crippen LogP contribution < -0.4 is 5.22 Å². The highest BCUT2D eigenvalue weighted by atomic mass is 15.4. The zero-order chi connectivity index (χ0) is 16.5. The van der Waals surface area contributed by atoms with Gasteiger partial charge < -0.3 is 4.90 Å². The van der Waals surface area contributed by atoms with E-state index >= 15 is 0 Å². The summed E-state index contributed by atoms with van der Waals surface area (Å²) in [6.45, 7) is 1.89. The van der Waals surface area contributed by atoms with Crippen molar-refractivity contribution in [1.29, 1.82) is 0 Å². The molecule has 0 saturated heterocycles. The highest BCUT2D eigenvalue weighted by Crippen LogP contribution is 2.13. The molecule has 0 aromatic carbocycles. The van der Waals surface area contributed by atoms with Gasteiger partial charge in [0.15, 0.2) is 11.5 Å². The minimum absolute atomic E-state index is 0.739. The Balaban J connectivity index is 1.93. The van der Waals surface area contributed by atoms with Gasteiger partial charge in [0.2, 0.25) is 0 Å². The normalized spacial score (nSPS) is 16.7. The summed E-state index contributed by atoms with van der Waals surface area (Å²) in [6.07, 6.45) is 13.9. The molecule has 0 atom stereocenters. The number of nitrogens with zero attached hydrogens (tertiary/aromatic N) is 6. The van der Waals surface area contributed by atoms with Gasteiger partial charge in [-0.25, -0.2) is 0 Å². The van der Waals surface area contributed by atoms with Crippen molar-refractivity contribution in [3.05, 3.63) is 71.6 Å². The van der Waals surface area contributed by atoms with E-state index in [1.165, 1.54) is 0 Å². The van der Waals surface area contributed by atoms with Crippen molar-refractivity contribution < 1.29 is 0 Å². The highest BCUT2D eigenvalue weighted by Gasteiger charge is 2.14. The number of likely N-dealkylation sites (N-methyl/N-ethyl adjacent to an activating group) is 1. The van der Waals surface area contributed by atoms with Crippen LogP contribution in [0.3, 0.4) is 0 Å². The second kappa shape index (κ2) is 5.73. The van der Waals surface area contributed by atoms with E-state index in [0.717, 1.165) is 33.8 Å². The van der Waals surface area contributed by atoms with E-state index in [9.17, 15) is 0 Å². The van der Waals surface area contributed by atoms with Crippen molar-refractivity contribution in [3.63, 3.8) is 0 Å². The number of rotatable bonds is 2. The smallest absolute Gasteiger partial charge is 0.187 e. The number of fused-ring (bicyclic) bond motifs is 1. The molecule has 3 aromatic heterocycles. The van der Waals surface area contributed by atoms with Crippen LogP contribution in [0.25, 0.3) is 23.1 Å². The molecule has 0 bridgehead atoms. The molecule has 0 aliphatic carbocycles. The zero-order valence-corrected chi connectivity index (χ0v) is 13.5. The van der Waals surface area contributed by atoms with Crippen molar-refractivity contribution in [1.82, 2.24) is 29.7 Å². The van der Waals surface area contributed by atoms with Crippen molar-refractivity contribution in [2.45, 2.75) is 6.92 Å². The number of allylic oxidation sites excluding steroid dienone is 4. The SMILES string of the molecule is Cc1nnc2c(=CC=C3C=CC=CN3C)c(-c3ccccn3)nn12. The zero-order valence-electron chi connectivity index (χ0n) is 13.5. The Morgan fingerprint density at radius 3 is 2.79 bits per heavy atom. The van der Waals surface area contributed by atoms with E-state index in [0.29, 0.717) is 0 Å². The average molecular weight is 316 g/mol. The van der Waals surface area contributed by atoms with Crippen molar-refractivity contribution in [3.8, 4) is 11.4 Å². The maximum atomic E-state index is 4.65. The molecule has 1 aliphatic heterocycles. The van der Waals surface area contributed by atoms with Crippen LogP contribution in [0.5, 0.6) is 0 Å². The molecule has 6 nitrogen and oxygen atoms in total. The molecule has 118 valence electrons. The fourth-order valence-corrected chi connectivity index (χ4v) is 2.63. The quantitative estimate of drug-likeness (QED) is 0.722. The number of aromatic nitrogens is 5. The Morgan fingerprint density at radius 2 is 2.00 bits per heavy atom. The fraction of sp³-hybridized carbons (Fsp3) is 0.111. The largest absolute Gasteiger partial charge is 0.351 e. The van der Waals surface area contributed by atoms with Crippen LogP contribution in [0.15, 0.2) is 60.6 Å². The topological polar surface area (TPSA) is 59.2 Å². The number of aryl methyl sites for hydroxylation is 1. The summed E-state index contributed by atoms with van der Waals surface area (Å²) in [6, 6.07) is 5.80. The predicted molar refractivity (Wildman–Crippen MR) is 92.6 cm³/mol. The second-order valence-corrected chi connectivity index (χ2v) is 5.53. The van der Waals surface area contributed by atoms with Gasteiger partial charge in [0.05, 0.1) is 10.9 Å². The number of pyridine rings is 1. The summed E-state index contributed by atoms with van der Waals surface area (Å²) in [4.78, 5) is 6.48. The van der Waals surface area contributed by atoms with E-state index in [-0.39, 0.29) is 0 Å². The Hall–Kier alpha value is -3.28. The van der Waals surface area contributed by atoms with Gasteiger partial charge in [-0.05, 0) is 43.4 Å². The summed E-state index contributed by atoms with van der Waals surface area (Å²) >= 11 is 0. The van der Waals surface area contributed by atoms with Crippen molar-refractivity contribution in [2.24, 2.45) is 0 Å². The minimum atomic E-state index is 0.739. The monoisotopic (exact) mass is 316 g/mol. The van der Waals surface area contributed by atoms with Gasteiger partial charge in [-0.3, -0.25) is 4.98 Å². The first kappa shape index (κ1) is 14.3. The molecule has 0 spiro atoms. The summed E-state index contributed by atoms with van der Waals surface area (Å²) in [7, 11) is 2.01. The Morgan fingerprint density at radius 1 is 1.08 bits per heavy atom. The lowest BCUT2D eigenvalue weighted by molar-refractivity contribution is 0.585. The molecular formula is C18H16N6. The van der Waals surface area contributed by atoms with Crippen LogP contribution in [-0.2, 0) is 0 Å². The third kappa shape index (κ3) is 2.38. The average Bonchev–Trinajstić information content (AvgIpc) is 3.15. The van der Waals surface area contributed by atoms with Gasteiger partial charge in [0.1, 0.15) is 5.69 Å². The van der Waals surface area contributed by atoms with Gasteiger partial charge in [-0.2, -0.15) is 9.61 Å². The first-order valence-corrected chi connectivity index (χ1v) is 7.67. The van der Waals surface area contributed by atoms with Gasteiger partial charge >= 0.3 is 0 Å². The lowest BCUT2D eigenvalue weighted by Crippen LogP contribution is -2.10. The Kier molecular flexibility index (Phi) is 3.42. The lowest BCUT2D eigenvalue weighted by atomic mass is 10.2. The molecule has 0 unspecified atom stereocenters. The molecule has 0 fully saturated rings. The molecule has 24 heavy (non-hydrogen) atoms. The van der Waals surface area contributed by atoms with Crippen LogP contribution in [-0.4, -0.2) is 36.7 Å². The van der Waals surface area contributed by atoms with Gasteiger partial charge in [0, 0.05) is 25.1 Å². The van der Waals surface area contributed by atoms with Crippen LogP contribution in [0.2, 0.25) is 0 Å². The molecule has 0 saturated carbocycles. The molecule has 0 amide bonds. The van der Waals surface area contributed by atoms with E-state index in [1.54, 1.807) is 10.7 Å². The molecule has 4 rings (SSSR count). The van der Waals surface area contributed by atoms with Gasteiger partial charge in [0.25, 0.3) is 0 Å². The molecule has 6 heteroatoms. The van der Waals surface area contributed by atoms with Crippen LogP contribution >= 0.6 is 0 Å². The van der Waals surface area contributed by atoms with Crippen molar-refractivity contribution in [2.75, 3.05) is 7.05 Å². The van der Waals surface area contributed by atoms with E-state index in [1.807, 2.05) is 62.7 Å². The maximum absolute atomic E-state index is 4.65. The maximum Gasteiger partial charge on any atom is 0.187 e. The van der Waals surface area contributed by atoms with Crippen LogP contribution in [0.4, 0.5) is 0 Å². The molecule has 1 aliphatic rings. The van der Waals surface area contributed by atoms with Gasteiger partial charge in [-0.15, -0.1) is 10.2 Å². The highest BCUT2D eigenvalue weighted by molar-refractivity contribution is 5.66. The van der Waals surface area contributed by atoms with Crippen molar-refractivity contribution >= 4 is 11.7 Å². The molecule has 3 aromatic rings. The molecule has 4 heterocycles. The summed E-state index contributed by atoms with van der Waals surface area (Å²) in [5.74, 6) is 0.757. The third-order valence-corrected chi connectivity index (χ3v) is 3.92.